The van der Waals surface area contributed by atoms with E-state index in [1.165, 1.54) is 22.7 Å². The van der Waals surface area contributed by atoms with Gasteiger partial charge >= 0.3 is 0 Å². The summed E-state index contributed by atoms with van der Waals surface area (Å²) in [5, 5.41) is 0. The Morgan fingerprint density at radius 1 is 0.950 bits per heavy atom. The first-order valence-corrected chi connectivity index (χ1v) is 8.32. The van der Waals surface area contributed by atoms with E-state index in [0.717, 1.165) is 16.2 Å². The Labute approximate surface area is 126 Å². The van der Waals surface area contributed by atoms with Crippen molar-refractivity contribution in [2.75, 3.05) is 0 Å². The molecule has 3 rings (SSSR count). The molecule has 2 aromatic heterocycles. The van der Waals surface area contributed by atoms with Crippen molar-refractivity contribution < 1.29 is 9.59 Å². The average Bonchev–Trinajstić information content (AvgIpc) is 2.99. The summed E-state index contributed by atoms with van der Waals surface area (Å²) in [7, 11) is 0. The van der Waals surface area contributed by atoms with Gasteiger partial charge in [0.15, 0.2) is 5.78 Å². The minimum Gasteiger partial charge on any atom is -0.288 e. The van der Waals surface area contributed by atoms with Crippen LogP contribution in [0, 0.1) is 0 Å². The molecule has 2 nitrogen and oxygen atoms in total. The second-order valence-corrected chi connectivity index (χ2v) is 8.26. The normalized spacial score (nSPS) is 14.4. The molecule has 0 atom stereocenters. The van der Waals surface area contributed by atoms with Gasteiger partial charge in [0.1, 0.15) is 0 Å². The fraction of sp³-hybridized carbons (Fsp3) is 0.375. The first-order chi connectivity index (χ1) is 9.32. The number of thiophene rings is 2. The number of hydrogen-bond donors (Lipinski definition) is 0. The minimum atomic E-state index is -0.0371. The Kier molecular flexibility index (Phi) is 2.99. The molecule has 0 aliphatic heterocycles. The van der Waals surface area contributed by atoms with E-state index in [9.17, 15) is 9.59 Å². The lowest BCUT2D eigenvalue weighted by atomic mass is 9.90. The van der Waals surface area contributed by atoms with Crippen LogP contribution in [-0.2, 0) is 11.8 Å². The number of rotatable bonds is 1. The number of fused-ring (bicyclic) bond motifs is 2. The second kappa shape index (κ2) is 4.37. The van der Waals surface area contributed by atoms with Crippen molar-refractivity contribution in [2.45, 2.75) is 39.5 Å². The van der Waals surface area contributed by atoms with Gasteiger partial charge in [0.25, 0.3) is 0 Å². The number of carbonyl (C=O) groups excluding carboxylic acids is 2. The van der Waals surface area contributed by atoms with Crippen LogP contribution in [0.3, 0.4) is 0 Å². The second-order valence-electron chi connectivity index (χ2n) is 6.07. The third-order valence-corrected chi connectivity index (χ3v) is 6.34. The standard InChI is InChI=1S/C16H16O2S2/c1-5-8-6-9-12(17)10-7-11(16(2,3)4)20-15(10)13(18)14(9)19-8/h6-7H,5H2,1-4H3. The molecule has 1 aliphatic carbocycles. The average molecular weight is 304 g/mol. The van der Waals surface area contributed by atoms with Crippen molar-refractivity contribution in [3.05, 3.63) is 42.8 Å². The number of carbonyl (C=O) groups is 2. The maximum Gasteiger partial charge on any atom is 0.214 e. The zero-order valence-electron chi connectivity index (χ0n) is 12.0. The summed E-state index contributed by atoms with van der Waals surface area (Å²) >= 11 is 2.93. The minimum absolute atomic E-state index is 0.0114. The fourth-order valence-corrected chi connectivity index (χ4v) is 4.56. The maximum atomic E-state index is 12.6. The first kappa shape index (κ1) is 13.7. The van der Waals surface area contributed by atoms with Crippen molar-refractivity contribution in [3.63, 3.8) is 0 Å². The zero-order valence-corrected chi connectivity index (χ0v) is 13.6. The summed E-state index contributed by atoms with van der Waals surface area (Å²) in [5.41, 5.74) is 1.16. The molecule has 104 valence electrons. The van der Waals surface area contributed by atoms with E-state index in [-0.39, 0.29) is 17.0 Å². The summed E-state index contributed by atoms with van der Waals surface area (Å²) in [6.45, 7) is 8.35. The van der Waals surface area contributed by atoms with E-state index in [0.29, 0.717) is 20.9 Å². The Morgan fingerprint density at radius 3 is 2.15 bits per heavy atom. The van der Waals surface area contributed by atoms with Crippen LogP contribution in [0.2, 0.25) is 0 Å². The molecule has 20 heavy (non-hydrogen) atoms. The SMILES string of the molecule is CCc1cc2c(s1)C(=O)c1sc(C(C)(C)C)cc1C2=O. The zero-order chi connectivity index (χ0) is 14.7. The molecule has 2 heterocycles. The molecule has 0 aromatic carbocycles. The molecule has 1 aliphatic rings. The summed E-state index contributed by atoms with van der Waals surface area (Å²) in [6.07, 6.45) is 0.860. The van der Waals surface area contributed by atoms with E-state index in [1.54, 1.807) is 0 Å². The molecule has 0 saturated carbocycles. The van der Waals surface area contributed by atoms with Crippen LogP contribution in [0.25, 0.3) is 0 Å². The van der Waals surface area contributed by atoms with Gasteiger partial charge in [0.2, 0.25) is 5.78 Å². The topological polar surface area (TPSA) is 34.1 Å². The van der Waals surface area contributed by atoms with Crippen LogP contribution in [-0.4, -0.2) is 11.6 Å². The van der Waals surface area contributed by atoms with Crippen molar-refractivity contribution >= 4 is 34.2 Å². The highest BCUT2D eigenvalue weighted by atomic mass is 32.1. The van der Waals surface area contributed by atoms with E-state index in [1.807, 2.05) is 19.1 Å². The van der Waals surface area contributed by atoms with E-state index in [2.05, 4.69) is 20.8 Å². The van der Waals surface area contributed by atoms with Crippen LogP contribution in [0.1, 0.15) is 67.9 Å². The van der Waals surface area contributed by atoms with Gasteiger partial charge in [-0.2, -0.15) is 0 Å². The van der Waals surface area contributed by atoms with Gasteiger partial charge in [-0.1, -0.05) is 27.7 Å². The molecule has 2 aromatic rings. The smallest absolute Gasteiger partial charge is 0.214 e. The summed E-state index contributed by atoms with van der Waals surface area (Å²) in [6, 6.07) is 3.80. The number of aryl methyl sites for hydroxylation is 1. The van der Waals surface area contributed by atoms with Gasteiger partial charge in [0.05, 0.1) is 9.75 Å². The molecule has 0 bridgehead atoms. The van der Waals surface area contributed by atoms with Gasteiger partial charge in [-0.3, -0.25) is 9.59 Å². The van der Waals surface area contributed by atoms with Gasteiger partial charge < -0.3 is 0 Å². The van der Waals surface area contributed by atoms with Gasteiger partial charge in [0, 0.05) is 20.9 Å². The van der Waals surface area contributed by atoms with Crippen molar-refractivity contribution in [1.82, 2.24) is 0 Å². The van der Waals surface area contributed by atoms with Crippen molar-refractivity contribution in [2.24, 2.45) is 0 Å². The Balaban J connectivity index is 2.18. The molecule has 0 saturated heterocycles. The highest BCUT2D eigenvalue weighted by molar-refractivity contribution is 7.18. The highest BCUT2D eigenvalue weighted by Crippen LogP contribution is 2.40. The molecule has 0 fully saturated rings. The van der Waals surface area contributed by atoms with Crippen molar-refractivity contribution in [1.29, 1.82) is 0 Å². The van der Waals surface area contributed by atoms with Crippen LogP contribution in [0.15, 0.2) is 12.1 Å². The molecular formula is C16H16O2S2. The molecule has 4 heteroatoms. The Bertz CT molecular complexity index is 675. The quantitative estimate of drug-likeness (QED) is 0.666. The van der Waals surface area contributed by atoms with Crippen LogP contribution >= 0.6 is 22.7 Å². The monoisotopic (exact) mass is 304 g/mol. The molecule has 0 radical (unpaired) electrons. The molecule has 0 unspecified atom stereocenters. The van der Waals surface area contributed by atoms with E-state index >= 15 is 0 Å². The third-order valence-electron chi connectivity index (χ3n) is 3.50. The molecule has 0 N–H and O–H groups in total. The van der Waals surface area contributed by atoms with Gasteiger partial charge in [-0.25, -0.2) is 0 Å². The predicted molar refractivity (Wildman–Crippen MR) is 83.6 cm³/mol. The Morgan fingerprint density at radius 2 is 1.55 bits per heavy atom. The third kappa shape index (κ3) is 1.90. The lowest BCUT2D eigenvalue weighted by Gasteiger charge is -2.15. The fourth-order valence-electron chi connectivity index (χ4n) is 2.30. The largest absolute Gasteiger partial charge is 0.288 e. The summed E-state index contributed by atoms with van der Waals surface area (Å²) in [5.74, 6) is 0.0390. The van der Waals surface area contributed by atoms with Crippen LogP contribution in [0.4, 0.5) is 0 Å². The predicted octanol–water partition coefficient (Wildman–Crippen LogP) is 4.44. The molecule has 0 amide bonds. The summed E-state index contributed by atoms with van der Waals surface area (Å²) in [4.78, 5) is 28.6. The van der Waals surface area contributed by atoms with Crippen LogP contribution in [0.5, 0.6) is 0 Å². The van der Waals surface area contributed by atoms with Crippen LogP contribution < -0.4 is 0 Å². The van der Waals surface area contributed by atoms with E-state index < -0.39 is 0 Å². The lowest BCUT2D eigenvalue weighted by molar-refractivity contribution is 0.0985. The molecule has 0 spiro atoms. The maximum absolute atomic E-state index is 12.6. The summed E-state index contributed by atoms with van der Waals surface area (Å²) < 4.78 is 0. The molecular weight excluding hydrogens is 288 g/mol. The highest BCUT2D eigenvalue weighted by Gasteiger charge is 2.35. The number of ketones is 2. The van der Waals surface area contributed by atoms with Gasteiger partial charge in [-0.05, 0) is 24.0 Å². The van der Waals surface area contributed by atoms with Crippen molar-refractivity contribution in [3.8, 4) is 0 Å². The number of hydrogen-bond acceptors (Lipinski definition) is 4. The lowest BCUT2D eigenvalue weighted by Crippen LogP contribution is -2.15. The van der Waals surface area contributed by atoms with Gasteiger partial charge in [-0.15, -0.1) is 22.7 Å². The van der Waals surface area contributed by atoms with E-state index in [4.69, 9.17) is 0 Å². The first-order valence-electron chi connectivity index (χ1n) is 6.69. The Hall–Kier alpha value is -1.26.